The molecule has 0 aromatic heterocycles. The maximum atomic E-state index is 5.03. The molecule has 0 radical (unpaired) electrons. The fourth-order valence-corrected chi connectivity index (χ4v) is 1.71. The van der Waals surface area contributed by atoms with Crippen LogP contribution in [0.1, 0.15) is 18.9 Å². The fraction of sp³-hybridized carbons (Fsp3) is 0.571. The van der Waals surface area contributed by atoms with Gasteiger partial charge in [-0.1, -0.05) is 37.3 Å². The molecule has 2 rings (SSSR count). The average molecular weight is 235 g/mol. The van der Waals surface area contributed by atoms with Crippen LogP contribution in [0.25, 0.3) is 0 Å². The summed E-state index contributed by atoms with van der Waals surface area (Å²) in [7, 11) is 0. The zero-order chi connectivity index (χ0) is 12.3. The zero-order valence-electron chi connectivity index (χ0n) is 10.9. The van der Waals surface area contributed by atoms with Crippen LogP contribution in [0.3, 0.4) is 0 Å². The minimum Gasteiger partial charge on any atom is -0.330 e. The molecule has 3 N–H and O–H groups in total. The van der Waals surface area contributed by atoms with Gasteiger partial charge in [0.2, 0.25) is 0 Å². The van der Waals surface area contributed by atoms with Crippen LogP contribution in [-0.4, -0.2) is 37.6 Å². The lowest BCUT2D eigenvalue weighted by molar-refractivity contribution is 0.233. The van der Waals surface area contributed by atoms with Crippen LogP contribution >= 0.6 is 0 Å². The van der Waals surface area contributed by atoms with Gasteiger partial charge in [-0.15, -0.1) is 0 Å². The number of rotatable bonds is 3. The number of benzene rings is 1. The molecule has 0 aliphatic carbocycles. The number of nitrogens with zero attached hydrogens (tertiary/aromatic N) is 1. The van der Waals surface area contributed by atoms with Crippen LogP contribution in [0.4, 0.5) is 0 Å². The number of hydrogen-bond donors (Lipinski definition) is 2. The predicted molar refractivity (Wildman–Crippen MR) is 73.9 cm³/mol. The molecule has 1 aliphatic heterocycles. The summed E-state index contributed by atoms with van der Waals surface area (Å²) >= 11 is 0. The van der Waals surface area contributed by atoms with E-state index in [0.717, 1.165) is 32.6 Å². The number of piperazine rings is 1. The monoisotopic (exact) mass is 235 g/mol. The van der Waals surface area contributed by atoms with Crippen LogP contribution in [0.2, 0.25) is 0 Å². The van der Waals surface area contributed by atoms with Crippen LogP contribution in [-0.2, 0) is 6.54 Å². The SMILES string of the molecule is CCCN.c1ccc(CN2CCNCC2)cc1. The summed E-state index contributed by atoms with van der Waals surface area (Å²) in [5.41, 5.74) is 6.45. The van der Waals surface area contributed by atoms with Crippen LogP contribution in [0.5, 0.6) is 0 Å². The maximum Gasteiger partial charge on any atom is 0.0234 e. The molecule has 1 heterocycles. The number of nitrogens with one attached hydrogen (secondary N) is 1. The van der Waals surface area contributed by atoms with Crippen LogP contribution in [0, 0.1) is 0 Å². The number of nitrogens with two attached hydrogens (primary N) is 1. The molecule has 1 aliphatic rings. The van der Waals surface area contributed by atoms with E-state index in [1.807, 2.05) is 0 Å². The molecular weight excluding hydrogens is 210 g/mol. The smallest absolute Gasteiger partial charge is 0.0234 e. The highest BCUT2D eigenvalue weighted by atomic mass is 15.2. The molecule has 1 aromatic carbocycles. The van der Waals surface area contributed by atoms with Gasteiger partial charge in [-0.25, -0.2) is 0 Å². The lowest BCUT2D eigenvalue weighted by Gasteiger charge is -2.27. The molecular formula is C14H25N3. The van der Waals surface area contributed by atoms with E-state index in [2.05, 4.69) is 47.5 Å². The van der Waals surface area contributed by atoms with Crippen molar-refractivity contribution in [3.63, 3.8) is 0 Å². The van der Waals surface area contributed by atoms with Crippen molar-refractivity contribution >= 4 is 0 Å². The van der Waals surface area contributed by atoms with Crippen molar-refractivity contribution < 1.29 is 0 Å². The van der Waals surface area contributed by atoms with Crippen molar-refractivity contribution in [1.29, 1.82) is 0 Å². The second-order valence-corrected chi connectivity index (χ2v) is 4.30. The highest BCUT2D eigenvalue weighted by Gasteiger charge is 2.08. The first-order chi connectivity index (χ1) is 8.36. The van der Waals surface area contributed by atoms with Crippen LogP contribution < -0.4 is 11.1 Å². The number of hydrogen-bond acceptors (Lipinski definition) is 3. The minimum absolute atomic E-state index is 0.819. The van der Waals surface area contributed by atoms with E-state index in [4.69, 9.17) is 5.73 Å². The zero-order valence-corrected chi connectivity index (χ0v) is 10.9. The lowest BCUT2D eigenvalue weighted by Crippen LogP contribution is -2.42. The first-order valence-corrected chi connectivity index (χ1v) is 6.54. The summed E-state index contributed by atoms with van der Waals surface area (Å²) in [6.45, 7) is 8.59. The van der Waals surface area contributed by atoms with Crippen molar-refractivity contribution in [2.24, 2.45) is 5.73 Å². The Bertz CT molecular complexity index is 266. The maximum absolute atomic E-state index is 5.03. The molecule has 3 nitrogen and oxygen atoms in total. The first kappa shape index (κ1) is 14.2. The average Bonchev–Trinajstić information content (AvgIpc) is 2.41. The van der Waals surface area contributed by atoms with Gasteiger partial charge in [-0.3, -0.25) is 4.90 Å². The lowest BCUT2D eigenvalue weighted by atomic mass is 10.2. The van der Waals surface area contributed by atoms with E-state index in [-0.39, 0.29) is 0 Å². The Labute approximate surface area is 105 Å². The predicted octanol–water partition coefficient (Wildman–Crippen LogP) is 1.45. The van der Waals surface area contributed by atoms with Crippen molar-refractivity contribution in [2.75, 3.05) is 32.7 Å². The Hall–Kier alpha value is -0.900. The fourth-order valence-electron chi connectivity index (χ4n) is 1.71. The highest BCUT2D eigenvalue weighted by Crippen LogP contribution is 2.04. The molecule has 0 amide bonds. The van der Waals surface area contributed by atoms with Gasteiger partial charge in [0.15, 0.2) is 0 Å². The summed E-state index contributed by atoms with van der Waals surface area (Å²) in [6.07, 6.45) is 1.10. The summed E-state index contributed by atoms with van der Waals surface area (Å²) in [5, 5.41) is 3.36. The molecule has 3 heteroatoms. The van der Waals surface area contributed by atoms with Gasteiger partial charge in [-0.2, -0.15) is 0 Å². The summed E-state index contributed by atoms with van der Waals surface area (Å²) in [5.74, 6) is 0. The largest absolute Gasteiger partial charge is 0.330 e. The Morgan fingerprint density at radius 3 is 2.29 bits per heavy atom. The third-order valence-corrected chi connectivity index (χ3v) is 2.75. The van der Waals surface area contributed by atoms with Crippen molar-refractivity contribution in [1.82, 2.24) is 10.2 Å². The van der Waals surface area contributed by atoms with Gasteiger partial charge in [0.05, 0.1) is 0 Å². The van der Waals surface area contributed by atoms with Gasteiger partial charge in [0.25, 0.3) is 0 Å². The van der Waals surface area contributed by atoms with E-state index < -0.39 is 0 Å². The molecule has 1 aromatic rings. The Morgan fingerprint density at radius 1 is 1.18 bits per heavy atom. The van der Waals surface area contributed by atoms with Crippen molar-refractivity contribution in [2.45, 2.75) is 19.9 Å². The van der Waals surface area contributed by atoms with Gasteiger partial charge < -0.3 is 11.1 Å². The van der Waals surface area contributed by atoms with E-state index in [0.29, 0.717) is 0 Å². The summed E-state index contributed by atoms with van der Waals surface area (Å²) in [6, 6.07) is 10.7. The standard InChI is InChI=1S/C11H16N2.C3H9N/c1-2-4-11(5-3-1)10-13-8-6-12-7-9-13;1-2-3-4/h1-5,12H,6-10H2;2-4H2,1H3. The molecule has 1 fully saturated rings. The van der Waals surface area contributed by atoms with E-state index in [1.54, 1.807) is 0 Å². The molecule has 1 saturated heterocycles. The molecule has 0 spiro atoms. The van der Waals surface area contributed by atoms with Gasteiger partial charge in [-0.05, 0) is 18.5 Å². The Balaban J connectivity index is 0.000000317. The Morgan fingerprint density at radius 2 is 1.76 bits per heavy atom. The molecule has 0 unspecified atom stereocenters. The van der Waals surface area contributed by atoms with Gasteiger partial charge in [0, 0.05) is 32.7 Å². The minimum atomic E-state index is 0.819. The highest BCUT2D eigenvalue weighted by molar-refractivity contribution is 5.14. The van der Waals surface area contributed by atoms with Gasteiger partial charge >= 0.3 is 0 Å². The third-order valence-electron chi connectivity index (χ3n) is 2.75. The molecule has 0 bridgehead atoms. The van der Waals surface area contributed by atoms with Crippen molar-refractivity contribution in [3.8, 4) is 0 Å². The summed E-state index contributed by atoms with van der Waals surface area (Å²) in [4.78, 5) is 2.49. The molecule has 17 heavy (non-hydrogen) atoms. The van der Waals surface area contributed by atoms with Crippen molar-refractivity contribution in [3.05, 3.63) is 35.9 Å². The second-order valence-electron chi connectivity index (χ2n) is 4.30. The first-order valence-electron chi connectivity index (χ1n) is 6.54. The van der Waals surface area contributed by atoms with Crippen LogP contribution in [0.15, 0.2) is 30.3 Å². The molecule has 0 saturated carbocycles. The van der Waals surface area contributed by atoms with Gasteiger partial charge in [0.1, 0.15) is 0 Å². The molecule has 96 valence electrons. The van der Waals surface area contributed by atoms with E-state index in [9.17, 15) is 0 Å². The van der Waals surface area contributed by atoms with E-state index in [1.165, 1.54) is 18.7 Å². The Kier molecular flexibility index (Phi) is 7.63. The second kappa shape index (κ2) is 9.16. The quantitative estimate of drug-likeness (QED) is 0.833. The van der Waals surface area contributed by atoms with E-state index >= 15 is 0 Å². The third kappa shape index (κ3) is 6.41. The normalized spacial score (nSPS) is 16.1. The topological polar surface area (TPSA) is 41.3 Å². The molecule has 0 atom stereocenters. The summed E-state index contributed by atoms with van der Waals surface area (Å²) < 4.78 is 0.